The van der Waals surface area contributed by atoms with Gasteiger partial charge in [-0.1, -0.05) is 19.1 Å². The van der Waals surface area contributed by atoms with Crippen LogP contribution >= 0.6 is 0 Å². The lowest BCUT2D eigenvalue weighted by Crippen LogP contribution is -2.39. The Balaban J connectivity index is 1.77. The summed E-state index contributed by atoms with van der Waals surface area (Å²) in [5.41, 5.74) is 1.98. The number of carbonyl (C=O) groups is 3. The van der Waals surface area contributed by atoms with Crippen LogP contribution in [0.15, 0.2) is 42.5 Å². The third kappa shape index (κ3) is 5.16. The number of aryl methyl sites for hydroxylation is 1. The van der Waals surface area contributed by atoms with Gasteiger partial charge in [0.1, 0.15) is 16.8 Å². The number of amides is 2. The maximum atomic E-state index is 13.0. The molecular formula is C23H26N2O6S. The number of ether oxygens (including phenoxy) is 1. The third-order valence-electron chi connectivity index (χ3n) is 5.18. The smallest absolute Gasteiger partial charge is 0.265 e. The fourth-order valence-electron chi connectivity index (χ4n) is 3.45. The summed E-state index contributed by atoms with van der Waals surface area (Å²) in [7, 11) is -4.07. The minimum Gasteiger partial charge on any atom is -0.482 e. The SMILES string of the molecule is CCCN1C(=O)COc2ccc(C(=O)C(C)S(=O)(=O)CC(=O)Nc3cccc(C)c3)cc21. The zero-order valence-electron chi connectivity index (χ0n) is 18.3. The molecule has 9 heteroatoms. The molecule has 0 saturated carbocycles. The molecule has 0 aromatic heterocycles. The summed E-state index contributed by atoms with van der Waals surface area (Å²) < 4.78 is 30.9. The molecule has 2 amide bonds. The average molecular weight is 459 g/mol. The number of carbonyl (C=O) groups excluding carboxylic acids is 3. The normalized spacial score (nSPS) is 14.3. The van der Waals surface area contributed by atoms with Gasteiger partial charge in [-0.25, -0.2) is 8.42 Å². The Labute approximate surface area is 187 Å². The molecule has 2 aromatic rings. The molecule has 0 bridgehead atoms. The van der Waals surface area contributed by atoms with Crippen molar-refractivity contribution in [2.75, 3.05) is 29.1 Å². The first-order chi connectivity index (χ1) is 15.1. The number of hydrogen-bond donors (Lipinski definition) is 1. The lowest BCUT2D eigenvalue weighted by Gasteiger charge is -2.29. The summed E-state index contributed by atoms with van der Waals surface area (Å²) in [4.78, 5) is 39.0. The van der Waals surface area contributed by atoms with Gasteiger partial charge >= 0.3 is 0 Å². The van der Waals surface area contributed by atoms with Crippen molar-refractivity contribution in [2.24, 2.45) is 0 Å². The van der Waals surface area contributed by atoms with Crippen LogP contribution < -0.4 is 15.0 Å². The monoisotopic (exact) mass is 458 g/mol. The second kappa shape index (κ2) is 9.52. The van der Waals surface area contributed by atoms with E-state index >= 15 is 0 Å². The fraction of sp³-hybridized carbons (Fsp3) is 0.348. The van der Waals surface area contributed by atoms with E-state index < -0.39 is 32.5 Å². The van der Waals surface area contributed by atoms with Gasteiger partial charge in [0.2, 0.25) is 5.91 Å². The second-order valence-corrected chi connectivity index (χ2v) is 10.1. The Morgan fingerprint density at radius 3 is 2.62 bits per heavy atom. The van der Waals surface area contributed by atoms with Crippen LogP contribution in [-0.2, 0) is 19.4 Å². The van der Waals surface area contributed by atoms with Gasteiger partial charge in [0.25, 0.3) is 5.91 Å². The first kappa shape index (κ1) is 23.5. The quantitative estimate of drug-likeness (QED) is 0.609. The summed E-state index contributed by atoms with van der Waals surface area (Å²) in [6, 6.07) is 11.5. The molecule has 1 aliphatic rings. The molecule has 170 valence electrons. The number of hydrogen-bond acceptors (Lipinski definition) is 6. The van der Waals surface area contributed by atoms with Crippen LogP contribution in [0.1, 0.15) is 36.2 Å². The number of nitrogens with zero attached hydrogens (tertiary/aromatic N) is 1. The zero-order valence-corrected chi connectivity index (χ0v) is 19.1. The van der Waals surface area contributed by atoms with Crippen LogP contribution in [0.3, 0.4) is 0 Å². The van der Waals surface area contributed by atoms with E-state index in [1.165, 1.54) is 24.0 Å². The van der Waals surface area contributed by atoms with E-state index in [1.807, 2.05) is 19.9 Å². The van der Waals surface area contributed by atoms with Gasteiger partial charge in [-0.3, -0.25) is 14.4 Å². The first-order valence-corrected chi connectivity index (χ1v) is 12.0. The van der Waals surface area contributed by atoms with Crippen molar-refractivity contribution in [1.29, 1.82) is 0 Å². The van der Waals surface area contributed by atoms with Crippen LogP contribution in [0.4, 0.5) is 11.4 Å². The Kier molecular flexibility index (Phi) is 6.98. The molecule has 0 saturated heterocycles. The van der Waals surface area contributed by atoms with Crippen molar-refractivity contribution in [3.05, 3.63) is 53.6 Å². The third-order valence-corrected chi connectivity index (χ3v) is 7.13. The number of Topliss-reactive ketones (excluding diaryl/α,β-unsaturated/α-hetero) is 1. The zero-order chi connectivity index (χ0) is 23.5. The first-order valence-electron chi connectivity index (χ1n) is 10.3. The maximum absolute atomic E-state index is 13.0. The standard InChI is InChI=1S/C23H26N2O6S/c1-4-10-25-19-12-17(8-9-20(19)31-13-22(25)27)23(28)16(3)32(29,30)14-21(26)24-18-7-5-6-15(2)11-18/h5-9,11-12,16H,4,10,13-14H2,1-3H3,(H,24,26). The number of ketones is 1. The van der Waals surface area contributed by atoms with Crippen LogP contribution in [0.5, 0.6) is 5.75 Å². The van der Waals surface area contributed by atoms with E-state index in [1.54, 1.807) is 24.3 Å². The highest BCUT2D eigenvalue weighted by atomic mass is 32.2. The van der Waals surface area contributed by atoms with Crippen molar-refractivity contribution < 1.29 is 27.5 Å². The second-order valence-electron chi connectivity index (χ2n) is 7.75. The van der Waals surface area contributed by atoms with Gasteiger partial charge in [-0.15, -0.1) is 0 Å². The molecule has 1 unspecified atom stereocenters. The topological polar surface area (TPSA) is 110 Å². The summed E-state index contributed by atoms with van der Waals surface area (Å²) in [6.07, 6.45) is 0.712. The highest BCUT2D eigenvalue weighted by Crippen LogP contribution is 2.33. The van der Waals surface area contributed by atoms with E-state index in [0.717, 1.165) is 5.56 Å². The maximum Gasteiger partial charge on any atom is 0.265 e. The minimum absolute atomic E-state index is 0.0822. The minimum atomic E-state index is -4.07. The predicted molar refractivity (Wildman–Crippen MR) is 122 cm³/mol. The number of sulfone groups is 1. The molecule has 0 fully saturated rings. The van der Waals surface area contributed by atoms with E-state index in [-0.39, 0.29) is 18.1 Å². The van der Waals surface area contributed by atoms with Crippen molar-refractivity contribution >= 4 is 38.8 Å². The summed E-state index contributed by atoms with van der Waals surface area (Å²) in [6.45, 7) is 5.42. The number of nitrogens with one attached hydrogen (secondary N) is 1. The van der Waals surface area contributed by atoms with Crippen LogP contribution in [0.25, 0.3) is 0 Å². The van der Waals surface area contributed by atoms with Crippen molar-refractivity contribution in [2.45, 2.75) is 32.4 Å². The molecule has 0 aliphatic carbocycles. The molecular weight excluding hydrogens is 432 g/mol. The average Bonchev–Trinajstić information content (AvgIpc) is 2.74. The lowest BCUT2D eigenvalue weighted by molar-refractivity contribution is -0.121. The largest absolute Gasteiger partial charge is 0.482 e. The van der Waals surface area contributed by atoms with E-state index in [4.69, 9.17) is 4.74 Å². The number of benzene rings is 2. The van der Waals surface area contributed by atoms with Crippen molar-refractivity contribution in [1.82, 2.24) is 0 Å². The Bertz CT molecular complexity index is 1160. The lowest BCUT2D eigenvalue weighted by atomic mass is 10.1. The molecule has 2 aromatic carbocycles. The van der Waals surface area contributed by atoms with Crippen LogP contribution in [0, 0.1) is 6.92 Å². The highest BCUT2D eigenvalue weighted by Gasteiger charge is 2.32. The van der Waals surface area contributed by atoms with Crippen LogP contribution in [-0.4, -0.2) is 50.2 Å². The Hall–Kier alpha value is -3.20. The van der Waals surface area contributed by atoms with Gasteiger partial charge in [0.05, 0.1) is 5.69 Å². The highest BCUT2D eigenvalue weighted by molar-refractivity contribution is 7.93. The molecule has 8 nitrogen and oxygen atoms in total. The van der Waals surface area contributed by atoms with Gasteiger partial charge in [0.15, 0.2) is 22.2 Å². The molecule has 1 heterocycles. The molecule has 3 rings (SSSR count). The summed E-state index contributed by atoms with van der Waals surface area (Å²) in [5.74, 6) is -1.94. The van der Waals surface area contributed by atoms with Gasteiger partial charge in [-0.2, -0.15) is 0 Å². The fourth-order valence-corrected chi connectivity index (χ4v) is 4.60. The summed E-state index contributed by atoms with van der Waals surface area (Å²) >= 11 is 0. The summed E-state index contributed by atoms with van der Waals surface area (Å²) in [5, 5.41) is 1.12. The van der Waals surface area contributed by atoms with Gasteiger partial charge < -0.3 is 15.0 Å². The van der Waals surface area contributed by atoms with Crippen LogP contribution in [0.2, 0.25) is 0 Å². The van der Waals surface area contributed by atoms with Gasteiger partial charge in [0, 0.05) is 17.8 Å². The van der Waals surface area contributed by atoms with Crippen molar-refractivity contribution in [3.8, 4) is 5.75 Å². The van der Waals surface area contributed by atoms with E-state index in [2.05, 4.69) is 5.32 Å². The predicted octanol–water partition coefficient (Wildman–Crippen LogP) is 2.76. The molecule has 1 N–H and O–H groups in total. The van der Waals surface area contributed by atoms with E-state index in [0.29, 0.717) is 30.1 Å². The molecule has 1 atom stereocenters. The molecule has 0 radical (unpaired) electrons. The van der Waals surface area contributed by atoms with Crippen molar-refractivity contribution in [3.63, 3.8) is 0 Å². The van der Waals surface area contributed by atoms with E-state index in [9.17, 15) is 22.8 Å². The number of fused-ring (bicyclic) bond motifs is 1. The molecule has 0 spiro atoms. The molecule has 32 heavy (non-hydrogen) atoms. The number of rotatable bonds is 8. The Morgan fingerprint density at radius 1 is 1.19 bits per heavy atom. The number of anilines is 2. The van der Waals surface area contributed by atoms with Gasteiger partial charge in [-0.05, 0) is 56.2 Å². The Morgan fingerprint density at radius 2 is 1.94 bits per heavy atom. The molecule has 1 aliphatic heterocycles.